The summed E-state index contributed by atoms with van der Waals surface area (Å²) in [7, 11) is 0. The number of aromatic nitrogens is 3. The number of amides is 1. The second-order valence-electron chi connectivity index (χ2n) is 5.81. The second kappa shape index (κ2) is 8.09. The van der Waals surface area contributed by atoms with Crippen molar-refractivity contribution >= 4 is 17.2 Å². The topological polar surface area (TPSA) is 117 Å². The summed E-state index contributed by atoms with van der Waals surface area (Å²) in [6.45, 7) is -0.0938. The van der Waals surface area contributed by atoms with Crippen LogP contribution in [0.5, 0.6) is 0 Å². The minimum absolute atomic E-state index is 0.112. The molecule has 0 fully saturated rings. The molecule has 0 aromatic carbocycles. The molecule has 11 heteroatoms. The number of carbonyl (C=O) groups is 1. The lowest BCUT2D eigenvalue weighted by Crippen LogP contribution is -2.33. The molecule has 3 aromatic heterocycles. The predicted molar refractivity (Wildman–Crippen MR) is 96.3 cm³/mol. The predicted octanol–water partition coefficient (Wildman–Crippen LogP) is 2.47. The van der Waals surface area contributed by atoms with Crippen LogP contribution in [0.2, 0.25) is 0 Å². The lowest BCUT2D eigenvalue weighted by atomic mass is 10.2. The van der Waals surface area contributed by atoms with Crippen molar-refractivity contribution in [2.45, 2.75) is 18.8 Å². The smallest absolute Gasteiger partial charge is 0.390 e. The van der Waals surface area contributed by atoms with Gasteiger partial charge in [0.2, 0.25) is 0 Å². The highest BCUT2D eigenvalue weighted by molar-refractivity contribution is 7.09. The molecule has 0 aliphatic rings. The fourth-order valence-electron chi connectivity index (χ4n) is 2.43. The van der Waals surface area contributed by atoms with Crippen molar-refractivity contribution in [1.82, 2.24) is 20.3 Å². The molecule has 5 N–H and O–H groups in total. The van der Waals surface area contributed by atoms with Crippen LogP contribution in [0.1, 0.15) is 32.9 Å². The molecule has 3 aromatic rings. The van der Waals surface area contributed by atoms with Crippen LogP contribution in [-0.4, -0.2) is 32.5 Å². The van der Waals surface area contributed by atoms with Crippen LogP contribution < -0.4 is 11.1 Å². The van der Waals surface area contributed by atoms with E-state index < -0.39 is 23.8 Å². The standard InChI is InChI=1S/C17H16F3N5O2S/c18-17(19,20)14-4-1-9(6-22-14)11-2-3-12(24-11)15(27)25-13(5-21)16-23-10(7-26)8-28-16/h1-4,6,8,13,24,26H,5,7,21H2,(H,25,27)/t13-/m0/s1. The first-order valence-corrected chi connectivity index (χ1v) is 8.98. The van der Waals surface area contributed by atoms with Gasteiger partial charge in [0.1, 0.15) is 16.4 Å². The molecule has 0 saturated carbocycles. The van der Waals surface area contributed by atoms with Gasteiger partial charge in [0.25, 0.3) is 5.91 Å². The van der Waals surface area contributed by atoms with Crippen molar-refractivity contribution in [3.05, 3.63) is 57.9 Å². The minimum atomic E-state index is -4.51. The van der Waals surface area contributed by atoms with Crippen LogP contribution in [0.4, 0.5) is 13.2 Å². The fourth-order valence-corrected chi connectivity index (χ4v) is 3.30. The Bertz CT molecular complexity index is 952. The van der Waals surface area contributed by atoms with E-state index in [1.54, 1.807) is 11.4 Å². The van der Waals surface area contributed by atoms with E-state index in [0.717, 1.165) is 12.3 Å². The van der Waals surface area contributed by atoms with E-state index in [0.29, 0.717) is 22.0 Å². The monoisotopic (exact) mass is 411 g/mol. The zero-order valence-corrected chi connectivity index (χ0v) is 15.1. The number of hydrogen-bond acceptors (Lipinski definition) is 6. The average molecular weight is 411 g/mol. The molecule has 148 valence electrons. The summed E-state index contributed by atoms with van der Waals surface area (Å²) in [4.78, 5) is 22.9. The van der Waals surface area contributed by atoms with E-state index in [1.165, 1.54) is 23.5 Å². The number of nitrogens with one attached hydrogen (secondary N) is 2. The Morgan fingerprint density at radius 3 is 2.68 bits per heavy atom. The molecule has 1 atom stereocenters. The van der Waals surface area contributed by atoms with Crippen molar-refractivity contribution in [1.29, 1.82) is 0 Å². The first kappa shape index (κ1) is 20.0. The van der Waals surface area contributed by atoms with E-state index >= 15 is 0 Å². The van der Waals surface area contributed by atoms with E-state index in [9.17, 15) is 18.0 Å². The number of aromatic amines is 1. The molecule has 7 nitrogen and oxygen atoms in total. The summed E-state index contributed by atoms with van der Waals surface area (Å²) in [5.74, 6) is -0.442. The lowest BCUT2D eigenvalue weighted by molar-refractivity contribution is -0.141. The number of rotatable bonds is 6. The number of pyridine rings is 1. The highest BCUT2D eigenvalue weighted by atomic mass is 32.1. The van der Waals surface area contributed by atoms with Crippen LogP contribution in [0.15, 0.2) is 35.8 Å². The van der Waals surface area contributed by atoms with Gasteiger partial charge in [-0.15, -0.1) is 11.3 Å². The Morgan fingerprint density at radius 1 is 1.32 bits per heavy atom. The molecule has 0 bridgehead atoms. The fraction of sp³-hybridized carbons (Fsp3) is 0.235. The van der Waals surface area contributed by atoms with Gasteiger partial charge in [-0.1, -0.05) is 0 Å². The van der Waals surface area contributed by atoms with Crippen LogP contribution >= 0.6 is 11.3 Å². The van der Waals surface area contributed by atoms with Gasteiger partial charge >= 0.3 is 6.18 Å². The van der Waals surface area contributed by atoms with E-state index in [2.05, 4.69) is 20.3 Å². The SMILES string of the molecule is NC[C@H](NC(=O)c1ccc(-c2ccc(C(F)(F)F)nc2)[nH]1)c1nc(CO)cs1. The zero-order chi connectivity index (χ0) is 20.3. The molecule has 0 saturated heterocycles. The number of nitrogens with zero attached hydrogens (tertiary/aromatic N) is 2. The molecular formula is C17H16F3N5O2S. The number of carbonyl (C=O) groups excluding carboxylic acids is 1. The Hall–Kier alpha value is -2.76. The molecule has 0 unspecified atom stereocenters. The molecule has 0 aliphatic heterocycles. The third-order valence-corrected chi connectivity index (χ3v) is 4.87. The molecule has 28 heavy (non-hydrogen) atoms. The van der Waals surface area contributed by atoms with Crippen molar-refractivity contribution < 1.29 is 23.1 Å². The Balaban J connectivity index is 1.72. The number of thiazole rings is 1. The quantitative estimate of drug-likeness (QED) is 0.497. The van der Waals surface area contributed by atoms with Crippen molar-refractivity contribution in [2.75, 3.05) is 6.54 Å². The maximum Gasteiger partial charge on any atom is 0.433 e. The molecule has 1 amide bonds. The highest BCUT2D eigenvalue weighted by Crippen LogP contribution is 2.29. The van der Waals surface area contributed by atoms with Gasteiger partial charge < -0.3 is 21.1 Å². The van der Waals surface area contributed by atoms with Gasteiger partial charge in [0.15, 0.2) is 0 Å². The summed E-state index contributed by atoms with van der Waals surface area (Å²) in [5, 5.41) is 14.1. The van der Waals surface area contributed by atoms with Crippen molar-refractivity contribution in [3.63, 3.8) is 0 Å². The van der Waals surface area contributed by atoms with Crippen LogP contribution in [0.25, 0.3) is 11.3 Å². The highest BCUT2D eigenvalue weighted by Gasteiger charge is 2.32. The molecule has 0 spiro atoms. The summed E-state index contributed by atoms with van der Waals surface area (Å²) >= 11 is 1.27. The summed E-state index contributed by atoms with van der Waals surface area (Å²) in [5.41, 5.74) is 6.29. The van der Waals surface area contributed by atoms with Crippen LogP contribution in [0, 0.1) is 0 Å². The number of nitrogens with two attached hydrogens (primary N) is 1. The number of halogens is 3. The van der Waals surface area contributed by atoms with E-state index in [4.69, 9.17) is 10.8 Å². The lowest BCUT2D eigenvalue weighted by Gasteiger charge is -2.13. The maximum absolute atomic E-state index is 12.6. The van der Waals surface area contributed by atoms with Crippen molar-refractivity contribution in [2.24, 2.45) is 5.73 Å². The van der Waals surface area contributed by atoms with Gasteiger partial charge in [0.05, 0.1) is 18.3 Å². The average Bonchev–Trinajstić information content (AvgIpc) is 3.35. The molecule has 3 rings (SSSR count). The Kier molecular flexibility index (Phi) is 5.77. The van der Waals surface area contributed by atoms with Gasteiger partial charge in [-0.25, -0.2) is 4.98 Å². The normalized spacial score (nSPS) is 12.8. The van der Waals surface area contributed by atoms with Crippen molar-refractivity contribution in [3.8, 4) is 11.3 Å². The summed E-state index contributed by atoms with van der Waals surface area (Å²) < 4.78 is 37.8. The van der Waals surface area contributed by atoms with E-state index in [-0.39, 0.29) is 18.8 Å². The first-order valence-electron chi connectivity index (χ1n) is 8.10. The molecule has 3 heterocycles. The van der Waals surface area contributed by atoms with Crippen LogP contribution in [-0.2, 0) is 12.8 Å². The van der Waals surface area contributed by atoms with Gasteiger partial charge in [-0.05, 0) is 24.3 Å². The summed E-state index contributed by atoms with van der Waals surface area (Å²) in [6.07, 6.45) is -3.42. The number of alkyl halides is 3. The third-order valence-electron chi connectivity index (χ3n) is 3.87. The largest absolute Gasteiger partial charge is 0.433 e. The molecule has 0 aliphatic carbocycles. The summed E-state index contributed by atoms with van der Waals surface area (Å²) in [6, 6.07) is 4.71. The Labute approximate surface area is 161 Å². The Morgan fingerprint density at radius 2 is 2.11 bits per heavy atom. The minimum Gasteiger partial charge on any atom is -0.390 e. The van der Waals surface area contributed by atoms with E-state index in [1.807, 2.05) is 0 Å². The maximum atomic E-state index is 12.6. The van der Waals surface area contributed by atoms with Crippen LogP contribution in [0.3, 0.4) is 0 Å². The zero-order valence-electron chi connectivity index (χ0n) is 14.3. The first-order chi connectivity index (χ1) is 13.3. The second-order valence-corrected chi connectivity index (χ2v) is 6.70. The third kappa shape index (κ3) is 4.38. The number of aliphatic hydroxyl groups excluding tert-OH is 1. The van der Waals surface area contributed by atoms with Gasteiger partial charge in [-0.3, -0.25) is 9.78 Å². The number of hydrogen-bond donors (Lipinski definition) is 4. The van der Waals surface area contributed by atoms with Gasteiger partial charge in [-0.2, -0.15) is 13.2 Å². The molecule has 0 radical (unpaired) electrons. The number of aliphatic hydroxyl groups is 1. The van der Waals surface area contributed by atoms with Gasteiger partial charge in [0, 0.05) is 29.4 Å². The molecular weight excluding hydrogens is 395 g/mol. The number of H-pyrrole nitrogens is 1.